The third kappa shape index (κ3) is 1.84. The highest BCUT2D eigenvalue weighted by Gasteiger charge is 2.10. The lowest BCUT2D eigenvalue weighted by Crippen LogP contribution is -1.98. The fourth-order valence-corrected chi connectivity index (χ4v) is 2.07. The third-order valence-corrected chi connectivity index (χ3v) is 3.06. The van der Waals surface area contributed by atoms with Crippen LogP contribution >= 0.6 is 11.6 Å². The van der Waals surface area contributed by atoms with Crippen molar-refractivity contribution in [3.8, 4) is 0 Å². The third-order valence-electron chi connectivity index (χ3n) is 2.76. The van der Waals surface area contributed by atoms with E-state index >= 15 is 0 Å². The first-order chi connectivity index (χ1) is 8.75. The van der Waals surface area contributed by atoms with Crippen LogP contribution in [0.25, 0.3) is 5.65 Å². The summed E-state index contributed by atoms with van der Waals surface area (Å²) in [6.07, 6.45) is 2.20. The molecule has 0 amide bonds. The van der Waals surface area contributed by atoms with Crippen molar-refractivity contribution in [3.05, 3.63) is 64.8 Å². The van der Waals surface area contributed by atoms with Gasteiger partial charge < -0.3 is 0 Å². The first-order valence-corrected chi connectivity index (χ1v) is 5.85. The van der Waals surface area contributed by atoms with Crippen molar-refractivity contribution in [2.45, 2.75) is 6.42 Å². The molecule has 0 aliphatic rings. The van der Waals surface area contributed by atoms with Crippen molar-refractivity contribution in [2.24, 2.45) is 0 Å². The zero-order valence-corrected chi connectivity index (χ0v) is 10.1. The van der Waals surface area contributed by atoms with E-state index in [-0.39, 0.29) is 5.82 Å². The van der Waals surface area contributed by atoms with Crippen LogP contribution in [0.2, 0.25) is 5.02 Å². The van der Waals surface area contributed by atoms with Crippen LogP contribution < -0.4 is 0 Å². The Morgan fingerprint density at radius 3 is 2.78 bits per heavy atom. The van der Waals surface area contributed by atoms with E-state index in [4.69, 9.17) is 11.6 Å². The number of hydrogen-bond donors (Lipinski definition) is 0. The summed E-state index contributed by atoms with van der Waals surface area (Å²) in [6.45, 7) is 0. The molecule has 0 bridgehead atoms. The minimum Gasteiger partial charge on any atom is -0.285 e. The fraction of sp³-hybridized carbons (Fsp3) is 0.0769. The zero-order chi connectivity index (χ0) is 12.5. The lowest BCUT2D eigenvalue weighted by Gasteiger charge is -2.02. The van der Waals surface area contributed by atoms with Gasteiger partial charge in [0, 0.05) is 12.6 Å². The Labute approximate surface area is 108 Å². The Bertz CT molecular complexity index is 708. The maximum atomic E-state index is 13.6. The monoisotopic (exact) mass is 261 g/mol. The molecule has 0 saturated carbocycles. The molecule has 0 aliphatic carbocycles. The SMILES string of the molecule is Fc1ccccc1Cc1nnc2c(Cl)cccn12. The van der Waals surface area contributed by atoms with Crippen LogP contribution in [0.4, 0.5) is 4.39 Å². The second kappa shape index (κ2) is 4.38. The van der Waals surface area contributed by atoms with Gasteiger partial charge in [0.05, 0.1) is 5.02 Å². The van der Waals surface area contributed by atoms with E-state index < -0.39 is 0 Å². The number of hydrogen-bond acceptors (Lipinski definition) is 2. The molecule has 5 heteroatoms. The minimum atomic E-state index is -0.240. The molecule has 0 N–H and O–H groups in total. The Balaban J connectivity index is 2.06. The van der Waals surface area contributed by atoms with E-state index in [1.807, 2.05) is 12.3 Å². The molecule has 0 aliphatic heterocycles. The van der Waals surface area contributed by atoms with Gasteiger partial charge in [0.2, 0.25) is 0 Å². The van der Waals surface area contributed by atoms with Gasteiger partial charge >= 0.3 is 0 Å². The van der Waals surface area contributed by atoms with Crippen LogP contribution in [0.5, 0.6) is 0 Å². The molecule has 0 unspecified atom stereocenters. The Kier molecular flexibility index (Phi) is 2.72. The Hall–Kier alpha value is -1.94. The van der Waals surface area contributed by atoms with Crippen molar-refractivity contribution in [2.75, 3.05) is 0 Å². The zero-order valence-electron chi connectivity index (χ0n) is 9.35. The molecule has 90 valence electrons. The Morgan fingerprint density at radius 2 is 1.94 bits per heavy atom. The molecule has 0 spiro atoms. The standard InChI is InChI=1S/C13H9ClFN3/c14-10-5-3-7-18-12(16-17-13(10)18)8-9-4-1-2-6-11(9)15/h1-7H,8H2. The van der Waals surface area contributed by atoms with Crippen LogP contribution in [-0.2, 0) is 6.42 Å². The predicted octanol–water partition coefficient (Wildman–Crippen LogP) is 3.11. The highest BCUT2D eigenvalue weighted by atomic mass is 35.5. The number of fused-ring (bicyclic) bond motifs is 1. The predicted molar refractivity (Wildman–Crippen MR) is 67.2 cm³/mol. The average Bonchev–Trinajstić information content (AvgIpc) is 2.77. The largest absolute Gasteiger partial charge is 0.285 e. The minimum absolute atomic E-state index is 0.240. The van der Waals surface area contributed by atoms with Gasteiger partial charge in [-0.2, -0.15) is 0 Å². The molecule has 0 saturated heterocycles. The van der Waals surface area contributed by atoms with Crippen molar-refractivity contribution >= 4 is 17.2 Å². The smallest absolute Gasteiger partial charge is 0.179 e. The first kappa shape index (κ1) is 11.2. The van der Waals surface area contributed by atoms with E-state index in [0.29, 0.717) is 28.5 Å². The van der Waals surface area contributed by atoms with Gasteiger partial charge in [-0.15, -0.1) is 10.2 Å². The van der Waals surface area contributed by atoms with Gasteiger partial charge in [0.1, 0.15) is 11.6 Å². The average molecular weight is 262 g/mol. The summed E-state index contributed by atoms with van der Waals surface area (Å²) < 4.78 is 15.3. The van der Waals surface area contributed by atoms with Crippen molar-refractivity contribution in [3.63, 3.8) is 0 Å². The molecule has 3 nitrogen and oxygen atoms in total. The van der Waals surface area contributed by atoms with E-state index in [2.05, 4.69) is 10.2 Å². The normalized spacial score (nSPS) is 11.0. The number of pyridine rings is 1. The van der Waals surface area contributed by atoms with Gasteiger partial charge in [0.15, 0.2) is 5.65 Å². The van der Waals surface area contributed by atoms with Crippen LogP contribution in [0, 0.1) is 5.82 Å². The second-order valence-electron chi connectivity index (χ2n) is 3.93. The molecule has 18 heavy (non-hydrogen) atoms. The fourth-order valence-electron chi connectivity index (χ4n) is 1.86. The number of benzene rings is 1. The van der Waals surface area contributed by atoms with Gasteiger partial charge in [-0.25, -0.2) is 4.39 Å². The van der Waals surface area contributed by atoms with E-state index in [1.165, 1.54) is 6.07 Å². The molecule has 0 atom stereocenters. The molecule has 3 aromatic rings. The molecular formula is C13H9ClFN3. The first-order valence-electron chi connectivity index (χ1n) is 5.47. The summed E-state index contributed by atoms with van der Waals surface area (Å²) in [5, 5.41) is 8.59. The van der Waals surface area contributed by atoms with E-state index in [1.54, 1.807) is 28.7 Å². The quantitative estimate of drug-likeness (QED) is 0.710. The Morgan fingerprint density at radius 1 is 1.11 bits per heavy atom. The summed E-state index contributed by atoms with van der Waals surface area (Å²) in [4.78, 5) is 0. The van der Waals surface area contributed by atoms with E-state index in [0.717, 1.165) is 0 Å². The van der Waals surface area contributed by atoms with Crippen molar-refractivity contribution in [1.82, 2.24) is 14.6 Å². The molecule has 3 rings (SSSR count). The summed E-state index contributed by atoms with van der Waals surface area (Å²) in [5.74, 6) is 0.425. The van der Waals surface area contributed by atoms with E-state index in [9.17, 15) is 4.39 Å². The maximum Gasteiger partial charge on any atom is 0.179 e. The van der Waals surface area contributed by atoms with Crippen LogP contribution in [-0.4, -0.2) is 14.6 Å². The number of aromatic nitrogens is 3. The van der Waals surface area contributed by atoms with Crippen LogP contribution in [0.15, 0.2) is 42.6 Å². The summed E-state index contributed by atoms with van der Waals surface area (Å²) in [6, 6.07) is 10.2. The number of rotatable bonds is 2. The van der Waals surface area contributed by atoms with Gasteiger partial charge in [-0.1, -0.05) is 29.8 Å². The lowest BCUT2D eigenvalue weighted by molar-refractivity contribution is 0.611. The summed E-state index contributed by atoms with van der Waals surface area (Å²) in [5.41, 5.74) is 1.18. The molecule has 1 aromatic carbocycles. The molecule has 2 aromatic heterocycles. The van der Waals surface area contributed by atoms with Crippen LogP contribution in [0.1, 0.15) is 11.4 Å². The molecule has 2 heterocycles. The van der Waals surface area contributed by atoms with Crippen LogP contribution in [0.3, 0.4) is 0 Å². The number of nitrogens with zero attached hydrogens (tertiary/aromatic N) is 3. The van der Waals surface area contributed by atoms with Gasteiger partial charge in [-0.3, -0.25) is 4.40 Å². The molecule has 0 fully saturated rings. The summed E-state index contributed by atoms with van der Waals surface area (Å²) in [7, 11) is 0. The van der Waals surface area contributed by atoms with Gasteiger partial charge in [-0.05, 0) is 23.8 Å². The second-order valence-corrected chi connectivity index (χ2v) is 4.34. The summed E-state index contributed by atoms with van der Waals surface area (Å²) >= 11 is 6.01. The lowest BCUT2D eigenvalue weighted by atomic mass is 10.1. The van der Waals surface area contributed by atoms with Crippen molar-refractivity contribution < 1.29 is 4.39 Å². The number of halogens is 2. The molecular weight excluding hydrogens is 253 g/mol. The van der Waals surface area contributed by atoms with Crippen molar-refractivity contribution in [1.29, 1.82) is 0 Å². The highest BCUT2D eigenvalue weighted by molar-refractivity contribution is 6.33. The highest BCUT2D eigenvalue weighted by Crippen LogP contribution is 2.17. The topological polar surface area (TPSA) is 30.2 Å². The van der Waals surface area contributed by atoms with Gasteiger partial charge in [0.25, 0.3) is 0 Å². The molecule has 0 radical (unpaired) electrons. The maximum absolute atomic E-state index is 13.6.